The molecule has 0 aliphatic heterocycles. The van der Waals surface area contributed by atoms with E-state index in [0.29, 0.717) is 4.47 Å². The minimum atomic E-state index is -5.25. The van der Waals surface area contributed by atoms with Gasteiger partial charge in [0.05, 0.1) is 0 Å². The van der Waals surface area contributed by atoms with Gasteiger partial charge in [-0.1, -0.05) is 39.1 Å². The fourth-order valence-corrected chi connectivity index (χ4v) is 3.29. The number of rotatable bonds is 4. The first-order valence-electron chi connectivity index (χ1n) is 4.19. The lowest BCUT2D eigenvalue weighted by molar-refractivity contribution is 0.349. The summed E-state index contributed by atoms with van der Waals surface area (Å²) < 4.78 is 24.7. The Kier molecular flexibility index (Phi) is 4.97. The first-order chi connectivity index (χ1) is 7.97. The average Bonchev–Trinajstić information content (AvgIpc) is 2.19. The summed E-state index contributed by atoms with van der Waals surface area (Å²) in [6.07, 6.45) is 0. The summed E-state index contributed by atoms with van der Waals surface area (Å²) in [5.41, 5.74) is 0. The van der Waals surface area contributed by atoms with Crippen LogP contribution in [0.5, 0.6) is 5.75 Å². The molecule has 0 saturated carbocycles. The van der Waals surface area contributed by atoms with Gasteiger partial charge in [0.15, 0.2) is 0 Å². The second kappa shape index (κ2) is 5.43. The van der Waals surface area contributed by atoms with Gasteiger partial charge in [-0.05, 0) is 24.3 Å². The molecule has 1 unspecified atom stereocenters. The number of halogens is 3. The second-order valence-corrected chi connectivity index (χ2v) is 10.4. The lowest BCUT2D eigenvalue weighted by Gasteiger charge is -2.25. The van der Waals surface area contributed by atoms with Crippen molar-refractivity contribution < 1.29 is 28.3 Å². The molecule has 0 bridgehead atoms. The molecule has 0 heterocycles. The third-order valence-corrected chi connectivity index (χ3v) is 8.24. The van der Waals surface area contributed by atoms with Crippen molar-refractivity contribution in [3.8, 4) is 5.75 Å². The summed E-state index contributed by atoms with van der Waals surface area (Å²) in [6, 6.07) is 5.60. The van der Waals surface area contributed by atoms with Crippen LogP contribution in [-0.2, 0) is 9.13 Å². The summed E-state index contributed by atoms with van der Waals surface area (Å²) in [4.78, 5) is 27.1. The lowest BCUT2D eigenvalue weighted by Crippen LogP contribution is -2.17. The first kappa shape index (κ1) is 16.5. The van der Waals surface area contributed by atoms with Crippen molar-refractivity contribution in [3.63, 3.8) is 0 Å². The van der Waals surface area contributed by atoms with Gasteiger partial charge in [0.1, 0.15) is 5.75 Å². The zero-order valence-corrected chi connectivity index (χ0v) is 13.3. The molecular formula is C7H7BrCl2O6P2. The van der Waals surface area contributed by atoms with E-state index >= 15 is 0 Å². The standard InChI is InChI=1S/C7H7BrCl2O6P2/c8-5-1-3-6(4-2-5)16-18(14,15)7(9,10)17(11,12)13/h1-4H,(H,14,15)(H2,11,12,13). The Morgan fingerprint density at radius 3 is 1.94 bits per heavy atom. The zero-order chi connectivity index (χ0) is 14.2. The number of hydrogen-bond donors (Lipinski definition) is 3. The van der Waals surface area contributed by atoms with Crippen molar-refractivity contribution in [3.05, 3.63) is 28.7 Å². The number of hydrogen-bond acceptors (Lipinski definition) is 3. The van der Waals surface area contributed by atoms with Crippen molar-refractivity contribution >= 4 is 54.3 Å². The first-order valence-corrected chi connectivity index (χ1v) is 8.93. The molecule has 0 aliphatic carbocycles. The van der Waals surface area contributed by atoms with Crippen LogP contribution in [0.2, 0.25) is 0 Å². The highest BCUT2D eigenvalue weighted by atomic mass is 79.9. The SMILES string of the molecule is O=P(O)(O)C(Cl)(Cl)P(=O)(O)Oc1ccc(Br)cc1. The maximum atomic E-state index is 11.7. The van der Waals surface area contributed by atoms with E-state index in [1.165, 1.54) is 24.3 Å². The third-order valence-electron chi connectivity index (χ3n) is 1.73. The van der Waals surface area contributed by atoms with Gasteiger partial charge in [0.25, 0.3) is 0 Å². The van der Waals surface area contributed by atoms with Gasteiger partial charge in [-0.3, -0.25) is 4.57 Å². The minimum Gasteiger partial charge on any atom is -0.422 e. The lowest BCUT2D eigenvalue weighted by atomic mass is 10.3. The molecule has 1 aromatic carbocycles. The van der Waals surface area contributed by atoms with Crippen LogP contribution in [0.3, 0.4) is 0 Å². The smallest absolute Gasteiger partial charge is 0.422 e. The maximum absolute atomic E-state index is 11.7. The summed E-state index contributed by atoms with van der Waals surface area (Å²) in [5.74, 6) is -0.108. The second-order valence-electron chi connectivity index (χ2n) is 3.12. The zero-order valence-electron chi connectivity index (χ0n) is 8.40. The Morgan fingerprint density at radius 2 is 1.56 bits per heavy atom. The van der Waals surface area contributed by atoms with E-state index in [0.717, 1.165) is 0 Å². The molecule has 0 saturated heterocycles. The molecule has 3 N–H and O–H groups in total. The summed E-state index contributed by atoms with van der Waals surface area (Å²) in [6.45, 7) is 0. The number of alkyl halides is 2. The predicted molar refractivity (Wildman–Crippen MR) is 71.1 cm³/mol. The molecular weight excluding hydrogens is 393 g/mol. The van der Waals surface area contributed by atoms with Crippen LogP contribution >= 0.6 is 54.3 Å². The fraction of sp³-hybridized carbons (Fsp3) is 0.143. The van der Waals surface area contributed by atoms with E-state index < -0.39 is 19.0 Å². The monoisotopic (exact) mass is 398 g/mol. The van der Waals surface area contributed by atoms with Crippen molar-refractivity contribution in [2.75, 3.05) is 0 Å². The van der Waals surface area contributed by atoms with Gasteiger partial charge < -0.3 is 19.2 Å². The Labute approximate surface area is 121 Å². The Balaban J connectivity index is 3.05. The van der Waals surface area contributed by atoms with Crippen molar-refractivity contribution in [2.24, 2.45) is 0 Å². The molecule has 0 aromatic heterocycles. The van der Waals surface area contributed by atoms with Crippen LogP contribution in [-0.4, -0.2) is 18.5 Å². The van der Waals surface area contributed by atoms with Gasteiger partial charge in [-0.2, -0.15) is 0 Å². The van der Waals surface area contributed by atoms with Gasteiger partial charge in [-0.25, -0.2) is 4.57 Å². The van der Waals surface area contributed by atoms with Crippen molar-refractivity contribution in [1.82, 2.24) is 0 Å². The minimum absolute atomic E-state index is 0.108. The van der Waals surface area contributed by atoms with Gasteiger partial charge in [0, 0.05) is 4.47 Å². The summed E-state index contributed by atoms with van der Waals surface area (Å²) in [5, 5.41) is 0. The molecule has 11 heteroatoms. The van der Waals surface area contributed by atoms with E-state index in [1.807, 2.05) is 0 Å². The molecule has 1 rings (SSSR count). The molecule has 0 aliphatic rings. The normalized spacial score (nSPS) is 16.1. The molecule has 102 valence electrons. The van der Waals surface area contributed by atoms with E-state index in [4.69, 9.17) is 33.0 Å². The number of benzene rings is 1. The highest BCUT2D eigenvalue weighted by molar-refractivity contribution is 9.10. The van der Waals surface area contributed by atoms with Crippen molar-refractivity contribution in [1.29, 1.82) is 0 Å². The Bertz CT molecular complexity index is 527. The van der Waals surface area contributed by atoms with E-state index in [9.17, 15) is 14.0 Å². The predicted octanol–water partition coefficient (Wildman–Crippen LogP) is 3.28. The molecule has 0 radical (unpaired) electrons. The van der Waals surface area contributed by atoms with Crippen LogP contribution in [0.15, 0.2) is 28.7 Å². The maximum Gasteiger partial charge on any atom is 0.425 e. The summed E-state index contributed by atoms with van der Waals surface area (Å²) >= 11 is 13.6. The van der Waals surface area contributed by atoms with Crippen LogP contribution in [0.25, 0.3) is 0 Å². The molecule has 0 spiro atoms. The Hall–Kier alpha value is 0.420. The topological polar surface area (TPSA) is 104 Å². The molecule has 1 aromatic rings. The summed E-state index contributed by atoms with van der Waals surface area (Å²) in [7, 11) is -10.3. The van der Waals surface area contributed by atoms with Gasteiger partial charge in [-0.15, -0.1) is 0 Å². The quantitative estimate of drug-likeness (QED) is 0.530. The van der Waals surface area contributed by atoms with E-state index in [-0.39, 0.29) is 5.75 Å². The van der Waals surface area contributed by atoms with E-state index in [2.05, 4.69) is 20.5 Å². The van der Waals surface area contributed by atoms with Crippen LogP contribution < -0.4 is 4.52 Å². The highest BCUT2D eigenvalue weighted by Crippen LogP contribution is 2.75. The van der Waals surface area contributed by atoms with Gasteiger partial charge >= 0.3 is 19.0 Å². The van der Waals surface area contributed by atoms with E-state index in [1.54, 1.807) is 0 Å². The Morgan fingerprint density at radius 1 is 1.11 bits per heavy atom. The molecule has 0 fully saturated rings. The molecule has 0 amide bonds. The fourth-order valence-electron chi connectivity index (χ4n) is 0.858. The van der Waals surface area contributed by atoms with Crippen molar-refractivity contribution in [2.45, 2.75) is 3.82 Å². The molecule has 6 nitrogen and oxygen atoms in total. The van der Waals surface area contributed by atoms with Gasteiger partial charge in [0.2, 0.25) is 0 Å². The van der Waals surface area contributed by atoms with Crippen LogP contribution in [0, 0.1) is 0 Å². The largest absolute Gasteiger partial charge is 0.425 e. The average molecular weight is 400 g/mol. The van der Waals surface area contributed by atoms with Crippen LogP contribution in [0.1, 0.15) is 0 Å². The molecule has 1 atom stereocenters. The third kappa shape index (κ3) is 3.50. The highest BCUT2D eigenvalue weighted by Gasteiger charge is 2.61. The molecule has 18 heavy (non-hydrogen) atoms. The van der Waals surface area contributed by atoms with Crippen LogP contribution in [0.4, 0.5) is 0 Å².